The number of hydrogen-bond donors (Lipinski definition) is 0. The highest BCUT2D eigenvalue weighted by molar-refractivity contribution is 5.87. The van der Waals surface area contributed by atoms with Gasteiger partial charge in [-0.3, -0.25) is 4.79 Å². The molecule has 0 bridgehead atoms. The summed E-state index contributed by atoms with van der Waals surface area (Å²) in [6.07, 6.45) is 12.5. The van der Waals surface area contributed by atoms with Crippen LogP contribution >= 0.6 is 0 Å². The van der Waals surface area contributed by atoms with Gasteiger partial charge in [-0.2, -0.15) is 0 Å². The van der Waals surface area contributed by atoms with Gasteiger partial charge in [0.1, 0.15) is 11.6 Å². The van der Waals surface area contributed by atoms with Crippen molar-refractivity contribution in [1.82, 2.24) is 4.90 Å². The monoisotopic (exact) mass is 384 g/mol. The number of Topliss-reactive ketones (excluding diaryl/α,β-unsaturated/α-hetero) is 1. The van der Waals surface area contributed by atoms with E-state index >= 15 is 0 Å². The molecule has 0 aromatic heterocycles. The van der Waals surface area contributed by atoms with Crippen LogP contribution in [-0.4, -0.2) is 35.9 Å². The molecular weight excluding hydrogens is 351 g/mol. The molecule has 0 amide bonds. The second-order valence-corrected chi connectivity index (χ2v) is 8.87. The van der Waals surface area contributed by atoms with Crippen molar-refractivity contribution in [2.45, 2.75) is 82.7 Å². The van der Waals surface area contributed by atoms with Crippen molar-refractivity contribution in [2.24, 2.45) is 0 Å². The van der Waals surface area contributed by atoms with E-state index in [1.807, 2.05) is 6.07 Å². The van der Waals surface area contributed by atoms with Gasteiger partial charge in [0.2, 0.25) is 0 Å². The third kappa shape index (κ3) is 4.32. The van der Waals surface area contributed by atoms with Crippen molar-refractivity contribution >= 4 is 11.5 Å². The molecule has 0 N–H and O–H groups in total. The molecule has 1 aromatic carbocycles. The lowest BCUT2D eigenvalue weighted by Gasteiger charge is -2.43. The molecule has 1 saturated heterocycles. The van der Waals surface area contributed by atoms with Gasteiger partial charge in [-0.1, -0.05) is 38.7 Å². The number of fused-ring (bicyclic) bond motifs is 1. The Morgan fingerprint density at radius 2 is 1.57 bits per heavy atom. The molecule has 3 nitrogen and oxygen atoms in total. The lowest BCUT2D eigenvalue weighted by atomic mass is 9.92. The fourth-order valence-corrected chi connectivity index (χ4v) is 5.45. The number of piperidine rings is 1. The topological polar surface area (TPSA) is 23.6 Å². The summed E-state index contributed by atoms with van der Waals surface area (Å²) in [6.45, 7) is 6.46. The maximum Gasteiger partial charge on any atom is 0.143 e. The second-order valence-electron chi connectivity index (χ2n) is 8.87. The van der Waals surface area contributed by atoms with Gasteiger partial charge in [-0.15, -0.1) is 0 Å². The normalized spacial score (nSPS) is 23.8. The first kappa shape index (κ1) is 19.6. The molecule has 1 aliphatic carbocycles. The summed E-state index contributed by atoms with van der Waals surface area (Å²) in [5.74, 6) is -0.135. The number of allylic oxidation sites excluding steroid dienone is 1. The number of rotatable bonds is 2. The molecule has 2 aliphatic heterocycles. The van der Waals surface area contributed by atoms with Gasteiger partial charge in [-0.05, 0) is 49.4 Å². The van der Waals surface area contributed by atoms with Gasteiger partial charge in [-0.25, -0.2) is 4.39 Å². The zero-order chi connectivity index (χ0) is 19.5. The van der Waals surface area contributed by atoms with Gasteiger partial charge >= 0.3 is 0 Å². The quantitative estimate of drug-likeness (QED) is 0.697. The van der Waals surface area contributed by atoms with Crippen LogP contribution in [0.15, 0.2) is 30.5 Å². The lowest BCUT2D eigenvalue weighted by molar-refractivity contribution is -0.117. The van der Waals surface area contributed by atoms with Gasteiger partial charge in [0.15, 0.2) is 0 Å². The number of carbonyl (C=O) groups is 1. The number of likely N-dealkylation sites (tertiary alicyclic amines) is 1. The zero-order valence-corrected chi connectivity index (χ0v) is 17.0. The van der Waals surface area contributed by atoms with Crippen molar-refractivity contribution in [1.29, 1.82) is 0 Å². The summed E-state index contributed by atoms with van der Waals surface area (Å²) in [5.41, 5.74) is 2.67. The van der Waals surface area contributed by atoms with Crippen LogP contribution in [0.1, 0.15) is 69.8 Å². The standard InChI is InChI=1S/C24H33FN2O/c1-18-15-23(28)17-19-16-20(25)9-10-24(19)27(18)22-11-13-26(14-12-22)21-7-5-3-2-4-6-8-21/h9-10,16,21-22H,1-8,11-15,17H2. The fraction of sp³-hybridized carbons (Fsp3) is 0.625. The van der Waals surface area contributed by atoms with Crippen molar-refractivity contribution in [3.05, 3.63) is 41.9 Å². The third-order valence-corrected chi connectivity index (χ3v) is 6.89. The van der Waals surface area contributed by atoms with Gasteiger partial charge < -0.3 is 9.80 Å². The Balaban J connectivity index is 1.47. The Kier molecular flexibility index (Phi) is 6.15. The fourth-order valence-electron chi connectivity index (χ4n) is 5.45. The molecule has 2 fully saturated rings. The van der Waals surface area contributed by atoms with Crippen LogP contribution in [0.25, 0.3) is 0 Å². The molecule has 3 aliphatic rings. The van der Waals surface area contributed by atoms with E-state index < -0.39 is 0 Å². The maximum absolute atomic E-state index is 13.8. The van der Waals surface area contributed by atoms with Gasteiger partial charge in [0.25, 0.3) is 0 Å². The summed E-state index contributed by atoms with van der Waals surface area (Å²) in [4.78, 5) is 17.3. The molecule has 0 spiro atoms. The van der Waals surface area contributed by atoms with Crippen molar-refractivity contribution < 1.29 is 9.18 Å². The predicted molar refractivity (Wildman–Crippen MR) is 112 cm³/mol. The van der Waals surface area contributed by atoms with E-state index in [1.54, 1.807) is 0 Å². The number of halogens is 1. The van der Waals surface area contributed by atoms with E-state index in [4.69, 9.17) is 0 Å². The first-order chi connectivity index (χ1) is 13.6. The Bertz CT molecular complexity index is 715. The predicted octanol–water partition coefficient (Wildman–Crippen LogP) is 5.24. The van der Waals surface area contributed by atoms with Crippen LogP contribution in [0, 0.1) is 5.82 Å². The molecule has 152 valence electrons. The smallest absolute Gasteiger partial charge is 0.143 e. The molecular formula is C24H33FN2O. The minimum atomic E-state index is -0.266. The highest BCUT2D eigenvalue weighted by atomic mass is 19.1. The number of benzene rings is 1. The summed E-state index contributed by atoms with van der Waals surface area (Å²) in [6, 6.07) is 5.99. The van der Waals surface area contributed by atoms with Crippen molar-refractivity contribution in [3.8, 4) is 0 Å². The van der Waals surface area contributed by atoms with Crippen LogP contribution in [0.3, 0.4) is 0 Å². The van der Waals surface area contributed by atoms with Crippen LogP contribution in [0.2, 0.25) is 0 Å². The molecule has 0 radical (unpaired) electrons. The third-order valence-electron chi connectivity index (χ3n) is 6.89. The van der Waals surface area contributed by atoms with Crippen LogP contribution in [-0.2, 0) is 11.2 Å². The highest BCUT2D eigenvalue weighted by Crippen LogP contribution is 2.35. The summed E-state index contributed by atoms with van der Waals surface area (Å²) in [5, 5.41) is 0. The Hall–Kier alpha value is -1.68. The van der Waals surface area contributed by atoms with Crippen LogP contribution in [0.5, 0.6) is 0 Å². The highest BCUT2D eigenvalue weighted by Gasteiger charge is 2.32. The van der Waals surface area contributed by atoms with Crippen LogP contribution in [0.4, 0.5) is 10.1 Å². The lowest BCUT2D eigenvalue weighted by Crippen LogP contribution is -2.48. The van der Waals surface area contributed by atoms with E-state index in [-0.39, 0.29) is 11.6 Å². The second kappa shape index (κ2) is 8.77. The van der Waals surface area contributed by atoms with Crippen molar-refractivity contribution in [2.75, 3.05) is 18.0 Å². The van der Waals surface area contributed by atoms with E-state index in [9.17, 15) is 9.18 Å². The molecule has 0 atom stereocenters. The number of anilines is 1. The van der Waals surface area contributed by atoms with E-state index in [0.717, 1.165) is 48.9 Å². The van der Waals surface area contributed by atoms with Gasteiger partial charge in [0.05, 0.1) is 0 Å². The zero-order valence-electron chi connectivity index (χ0n) is 17.0. The van der Waals surface area contributed by atoms with Crippen LogP contribution < -0.4 is 4.90 Å². The molecule has 4 rings (SSSR count). The Labute approximate surface area is 168 Å². The largest absolute Gasteiger partial charge is 0.342 e. The average Bonchev–Trinajstić information content (AvgIpc) is 2.76. The van der Waals surface area contributed by atoms with Gasteiger partial charge in [0, 0.05) is 49.4 Å². The SMILES string of the molecule is C=C1CC(=O)Cc2cc(F)ccc2N1C1CCN(C2CCCCCCC2)CC1. The molecule has 2 heterocycles. The van der Waals surface area contributed by atoms with E-state index in [0.29, 0.717) is 18.9 Å². The Morgan fingerprint density at radius 3 is 2.29 bits per heavy atom. The minimum Gasteiger partial charge on any atom is -0.342 e. The molecule has 1 saturated carbocycles. The minimum absolute atomic E-state index is 0.131. The first-order valence-corrected chi connectivity index (χ1v) is 11.1. The first-order valence-electron chi connectivity index (χ1n) is 11.1. The molecule has 28 heavy (non-hydrogen) atoms. The number of carbonyl (C=O) groups excluding carboxylic acids is 1. The van der Waals surface area contributed by atoms with E-state index in [1.165, 1.54) is 57.1 Å². The van der Waals surface area contributed by atoms with Crippen molar-refractivity contribution in [3.63, 3.8) is 0 Å². The Morgan fingerprint density at radius 1 is 0.893 bits per heavy atom. The molecule has 1 aromatic rings. The summed E-state index contributed by atoms with van der Waals surface area (Å²) < 4.78 is 13.8. The maximum atomic E-state index is 13.8. The number of hydrogen-bond acceptors (Lipinski definition) is 3. The van der Waals surface area contributed by atoms with E-state index in [2.05, 4.69) is 16.4 Å². The molecule has 0 unspecified atom stereocenters. The number of nitrogens with zero attached hydrogens (tertiary/aromatic N) is 2. The molecule has 4 heteroatoms. The number of ketones is 1. The summed E-state index contributed by atoms with van der Waals surface area (Å²) >= 11 is 0. The average molecular weight is 385 g/mol. The summed E-state index contributed by atoms with van der Waals surface area (Å²) in [7, 11) is 0.